The second-order valence-electron chi connectivity index (χ2n) is 3.44. The van der Waals surface area contributed by atoms with E-state index in [4.69, 9.17) is 0 Å². The van der Waals surface area contributed by atoms with E-state index in [1.165, 1.54) is 12.8 Å². The Morgan fingerprint density at radius 3 is 3.00 bits per heavy atom. The number of aromatic nitrogens is 2. The van der Waals surface area contributed by atoms with Crippen molar-refractivity contribution < 1.29 is 0 Å². The molecule has 1 aromatic heterocycles. The normalized spacial score (nSPS) is 13.1. The van der Waals surface area contributed by atoms with Crippen LogP contribution in [0.5, 0.6) is 0 Å². The SMILES string of the molecule is CCCCNC(C)Cn1cccn1. The van der Waals surface area contributed by atoms with Crippen molar-refractivity contribution in [2.24, 2.45) is 0 Å². The van der Waals surface area contributed by atoms with Gasteiger partial charge in [0.05, 0.1) is 6.54 Å². The van der Waals surface area contributed by atoms with Gasteiger partial charge in [0, 0.05) is 18.4 Å². The quantitative estimate of drug-likeness (QED) is 0.676. The van der Waals surface area contributed by atoms with Gasteiger partial charge in [-0.15, -0.1) is 0 Å². The van der Waals surface area contributed by atoms with E-state index in [1.54, 1.807) is 0 Å². The molecule has 0 saturated carbocycles. The molecule has 0 radical (unpaired) electrons. The Hall–Kier alpha value is -0.830. The predicted molar refractivity (Wildman–Crippen MR) is 54.6 cm³/mol. The van der Waals surface area contributed by atoms with Gasteiger partial charge in [0.1, 0.15) is 0 Å². The third-order valence-corrected chi connectivity index (χ3v) is 2.04. The molecule has 0 aliphatic rings. The van der Waals surface area contributed by atoms with Crippen molar-refractivity contribution in [3.05, 3.63) is 18.5 Å². The van der Waals surface area contributed by atoms with Crippen LogP contribution in [0, 0.1) is 0 Å². The molecule has 3 heteroatoms. The lowest BCUT2D eigenvalue weighted by Crippen LogP contribution is -2.31. The van der Waals surface area contributed by atoms with E-state index < -0.39 is 0 Å². The van der Waals surface area contributed by atoms with E-state index in [-0.39, 0.29) is 0 Å². The number of unbranched alkanes of at least 4 members (excludes halogenated alkanes) is 1. The van der Waals surface area contributed by atoms with E-state index >= 15 is 0 Å². The highest BCUT2D eigenvalue weighted by molar-refractivity contribution is 4.78. The highest BCUT2D eigenvalue weighted by Gasteiger charge is 2.00. The van der Waals surface area contributed by atoms with Gasteiger partial charge >= 0.3 is 0 Å². The Balaban J connectivity index is 2.14. The van der Waals surface area contributed by atoms with Crippen molar-refractivity contribution in [1.82, 2.24) is 15.1 Å². The van der Waals surface area contributed by atoms with Gasteiger partial charge in [0.25, 0.3) is 0 Å². The molecule has 0 aromatic carbocycles. The maximum Gasteiger partial charge on any atom is 0.0559 e. The molecule has 0 spiro atoms. The first-order valence-corrected chi connectivity index (χ1v) is 5.03. The van der Waals surface area contributed by atoms with Crippen LogP contribution in [0.2, 0.25) is 0 Å². The molecule has 1 heterocycles. The Labute approximate surface area is 80.1 Å². The van der Waals surface area contributed by atoms with Crippen LogP contribution in [0.4, 0.5) is 0 Å². The maximum atomic E-state index is 4.16. The van der Waals surface area contributed by atoms with Gasteiger partial charge < -0.3 is 5.32 Å². The number of hydrogen-bond donors (Lipinski definition) is 1. The van der Waals surface area contributed by atoms with Crippen molar-refractivity contribution in [2.75, 3.05) is 6.54 Å². The van der Waals surface area contributed by atoms with Crippen LogP contribution in [0.1, 0.15) is 26.7 Å². The van der Waals surface area contributed by atoms with Crippen molar-refractivity contribution >= 4 is 0 Å². The monoisotopic (exact) mass is 181 g/mol. The van der Waals surface area contributed by atoms with Gasteiger partial charge in [0.2, 0.25) is 0 Å². The van der Waals surface area contributed by atoms with Crippen molar-refractivity contribution in [1.29, 1.82) is 0 Å². The summed E-state index contributed by atoms with van der Waals surface area (Å²) in [4.78, 5) is 0. The molecule has 1 N–H and O–H groups in total. The Kier molecular flexibility index (Phi) is 4.54. The Morgan fingerprint density at radius 2 is 2.38 bits per heavy atom. The lowest BCUT2D eigenvalue weighted by Gasteiger charge is -2.13. The molecule has 0 fully saturated rings. The van der Waals surface area contributed by atoms with E-state index in [0.717, 1.165) is 13.1 Å². The zero-order valence-electron chi connectivity index (χ0n) is 8.53. The maximum absolute atomic E-state index is 4.16. The van der Waals surface area contributed by atoms with Gasteiger partial charge in [-0.25, -0.2) is 0 Å². The van der Waals surface area contributed by atoms with E-state index in [9.17, 15) is 0 Å². The first-order chi connectivity index (χ1) is 6.33. The minimum absolute atomic E-state index is 0.506. The van der Waals surface area contributed by atoms with Crippen molar-refractivity contribution in [3.8, 4) is 0 Å². The third-order valence-electron chi connectivity index (χ3n) is 2.04. The van der Waals surface area contributed by atoms with Crippen LogP contribution >= 0.6 is 0 Å². The molecule has 0 aliphatic carbocycles. The Bertz CT molecular complexity index is 206. The zero-order chi connectivity index (χ0) is 9.52. The number of nitrogens with zero attached hydrogens (tertiary/aromatic N) is 2. The molecule has 74 valence electrons. The molecular weight excluding hydrogens is 162 g/mol. The first-order valence-electron chi connectivity index (χ1n) is 5.03. The molecule has 0 aliphatic heterocycles. The van der Waals surface area contributed by atoms with Gasteiger partial charge in [-0.05, 0) is 26.0 Å². The summed E-state index contributed by atoms with van der Waals surface area (Å²) in [7, 11) is 0. The summed E-state index contributed by atoms with van der Waals surface area (Å²) in [6, 6.07) is 2.46. The van der Waals surface area contributed by atoms with Crippen LogP contribution in [-0.2, 0) is 6.54 Å². The van der Waals surface area contributed by atoms with Gasteiger partial charge in [0.15, 0.2) is 0 Å². The zero-order valence-corrected chi connectivity index (χ0v) is 8.53. The second-order valence-corrected chi connectivity index (χ2v) is 3.44. The third kappa shape index (κ3) is 4.08. The van der Waals surface area contributed by atoms with E-state index in [2.05, 4.69) is 24.3 Å². The van der Waals surface area contributed by atoms with Crippen LogP contribution in [0.3, 0.4) is 0 Å². The molecule has 0 bridgehead atoms. The number of rotatable bonds is 6. The van der Waals surface area contributed by atoms with Crippen molar-refractivity contribution in [2.45, 2.75) is 39.3 Å². The van der Waals surface area contributed by atoms with Gasteiger partial charge in [-0.3, -0.25) is 4.68 Å². The lowest BCUT2D eigenvalue weighted by molar-refractivity contribution is 0.447. The fourth-order valence-corrected chi connectivity index (χ4v) is 1.28. The molecule has 0 saturated heterocycles. The molecule has 1 aromatic rings. The second kappa shape index (κ2) is 5.75. The summed E-state index contributed by atoms with van der Waals surface area (Å²) in [6.07, 6.45) is 6.32. The summed E-state index contributed by atoms with van der Waals surface area (Å²) < 4.78 is 1.96. The van der Waals surface area contributed by atoms with Crippen LogP contribution in [0.15, 0.2) is 18.5 Å². The largest absolute Gasteiger partial charge is 0.312 e. The molecule has 1 atom stereocenters. The summed E-state index contributed by atoms with van der Waals surface area (Å²) in [6.45, 7) is 6.47. The minimum atomic E-state index is 0.506. The first kappa shape index (κ1) is 10.3. The molecule has 1 rings (SSSR count). The molecule has 13 heavy (non-hydrogen) atoms. The minimum Gasteiger partial charge on any atom is -0.312 e. The standard InChI is InChI=1S/C10H19N3/c1-3-4-6-11-10(2)9-13-8-5-7-12-13/h5,7-8,10-11H,3-4,6,9H2,1-2H3. The van der Waals surface area contributed by atoms with Crippen LogP contribution in [0.25, 0.3) is 0 Å². The van der Waals surface area contributed by atoms with Gasteiger partial charge in [-0.2, -0.15) is 5.10 Å². The highest BCUT2D eigenvalue weighted by Crippen LogP contribution is 1.91. The summed E-state index contributed by atoms with van der Waals surface area (Å²) >= 11 is 0. The Morgan fingerprint density at radius 1 is 1.54 bits per heavy atom. The average Bonchev–Trinajstić information content (AvgIpc) is 2.57. The van der Waals surface area contributed by atoms with Crippen LogP contribution < -0.4 is 5.32 Å². The lowest BCUT2D eigenvalue weighted by atomic mass is 10.3. The van der Waals surface area contributed by atoms with Crippen LogP contribution in [-0.4, -0.2) is 22.4 Å². The molecule has 3 nitrogen and oxygen atoms in total. The van der Waals surface area contributed by atoms with Gasteiger partial charge in [-0.1, -0.05) is 13.3 Å². The number of hydrogen-bond acceptors (Lipinski definition) is 2. The fraction of sp³-hybridized carbons (Fsp3) is 0.700. The molecular formula is C10H19N3. The summed E-state index contributed by atoms with van der Waals surface area (Å²) in [5.74, 6) is 0. The van der Waals surface area contributed by atoms with Crippen molar-refractivity contribution in [3.63, 3.8) is 0 Å². The molecule has 1 unspecified atom stereocenters. The molecule has 0 amide bonds. The fourth-order valence-electron chi connectivity index (χ4n) is 1.28. The topological polar surface area (TPSA) is 29.9 Å². The summed E-state index contributed by atoms with van der Waals surface area (Å²) in [5, 5.41) is 7.62. The smallest absolute Gasteiger partial charge is 0.0559 e. The van der Waals surface area contributed by atoms with E-state index in [0.29, 0.717) is 6.04 Å². The van der Waals surface area contributed by atoms with E-state index in [1.807, 2.05) is 23.1 Å². The highest BCUT2D eigenvalue weighted by atomic mass is 15.3. The predicted octanol–water partition coefficient (Wildman–Crippen LogP) is 1.66. The number of nitrogens with one attached hydrogen (secondary N) is 1. The summed E-state index contributed by atoms with van der Waals surface area (Å²) in [5.41, 5.74) is 0. The average molecular weight is 181 g/mol.